The minimum absolute atomic E-state index is 0.0120. The van der Waals surface area contributed by atoms with Crippen molar-refractivity contribution in [2.75, 3.05) is 18.5 Å². The Balaban J connectivity index is 2.55. The topological polar surface area (TPSA) is 63.7 Å². The summed E-state index contributed by atoms with van der Waals surface area (Å²) in [5.41, 5.74) is 0.0435. The molecule has 8 heteroatoms. The van der Waals surface area contributed by atoms with Crippen LogP contribution in [0.25, 0.3) is 0 Å². The van der Waals surface area contributed by atoms with Crippen LogP contribution in [0.3, 0.4) is 0 Å². The molecule has 0 N–H and O–H groups in total. The Bertz CT molecular complexity index is 832. The standard InChI is InChI=1S/C15H13F2NO4S/c1-18(14-6-4-3-5-13(14)15(19)22-2)23(20,21)12-8-10(16)7-11(17)9-12/h3-9H,1-2H3. The molecule has 0 aromatic heterocycles. The molecule has 0 spiro atoms. The summed E-state index contributed by atoms with van der Waals surface area (Å²) in [6, 6.07) is 7.82. The zero-order chi connectivity index (χ0) is 17.2. The summed E-state index contributed by atoms with van der Waals surface area (Å²) in [4.78, 5) is 11.2. The van der Waals surface area contributed by atoms with Crippen molar-refractivity contribution in [2.45, 2.75) is 4.90 Å². The molecule has 0 amide bonds. The van der Waals surface area contributed by atoms with Gasteiger partial charge in [-0.2, -0.15) is 0 Å². The highest BCUT2D eigenvalue weighted by molar-refractivity contribution is 7.92. The van der Waals surface area contributed by atoms with E-state index in [2.05, 4.69) is 4.74 Å². The second kappa shape index (κ2) is 6.33. The molecular formula is C15H13F2NO4S. The molecule has 0 radical (unpaired) electrons. The Kier molecular flexibility index (Phi) is 4.65. The van der Waals surface area contributed by atoms with Crippen LogP contribution in [-0.4, -0.2) is 28.5 Å². The summed E-state index contributed by atoms with van der Waals surface area (Å²) in [6.45, 7) is 0. The van der Waals surface area contributed by atoms with Gasteiger partial charge in [-0.15, -0.1) is 0 Å². The molecule has 0 heterocycles. The van der Waals surface area contributed by atoms with Crippen LogP contribution < -0.4 is 4.31 Å². The van der Waals surface area contributed by atoms with Gasteiger partial charge in [0.25, 0.3) is 10.0 Å². The molecule has 2 aromatic carbocycles. The number of rotatable bonds is 4. The Labute approximate surface area is 132 Å². The number of methoxy groups -OCH3 is 1. The maximum atomic E-state index is 13.3. The maximum absolute atomic E-state index is 13.3. The van der Waals surface area contributed by atoms with Crippen LogP contribution in [0.2, 0.25) is 0 Å². The average molecular weight is 341 g/mol. The van der Waals surface area contributed by atoms with Crippen molar-refractivity contribution in [1.29, 1.82) is 0 Å². The number of benzene rings is 2. The average Bonchev–Trinajstić information content (AvgIpc) is 2.52. The molecule has 5 nitrogen and oxygen atoms in total. The molecule has 0 atom stereocenters. The second-order valence-corrected chi connectivity index (χ2v) is 6.56. The van der Waals surface area contributed by atoms with Gasteiger partial charge < -0.3 is 4.74 Å². The van der Waals surface area contributed by atoms with Crippen molar-refractivity contribution in [1.82, 2.24) is 0 Å². The lowest BCUT2D eigenvalue weighted by molar-refractivity contribution is 0.0601. The van der Waals surface area contributed by atoms with E-state index in [0.29, 0.717) is 18.2 Å². The zero-order valence-corrected chi connectivity index (χ0v) is 13.1. The molecule has 2 rings (SSSR count). The van der Waals surface area contributed by atoms with Crippen molar-refractivity contribution >= 4 is 21.7 Å². The van der Waals surface area contributed by atoms with Gasteiger partial charge in [0.05, 0.1) is 23.3 Å². The number of esters is 1. The van der Waals surface area contributed by atoms with Gasteiger partial charge in [-0.05, 0) is 24.3 Å². The molecule has 23 heavy (non-hydrogen) atoms. The fraction of sp³-hybridized carbons (Fsp3) is 0.133. The lowest BCUT2D eigenvalue weighted by atomic mass is 10.2. The van der Waals surface area contributed by atoms with Gasteiger partial charge in [0.15, 0.2) is 0 Å². The van der Waals surface area contributed by atoms with Gasteiger partial charge in [-0.1, -0.05) is 12.1 Å². The largest absolute Gasteiger partial charge is 0.465 e. The highest BCUT2D eigenvalue weighted by Crippen LogP contribution is 2.26. The third-order valence-electron chi connectivity index (χ3n) is 3.14. The molecule has 0 saturated heterocycles. The normalized spacial score (nSPS) is 11.1. The van der Waals surface area contributed by atoms with Crippen molar-refractivity contribution in [3.05, 3.63) is 59.7 Å². The quantitative estimate of drug-likeness (QED) is 0.802. The van der Waals surface area contributed by atoms with Crippen LogP contribution in [0.4, 0.5) is 14.5 Å². The predicted molar refractivity (Wildman–Crippen MR) is 79.7 cm³/mol. The third-order valence-corrected chi connectivity index (χ3v) is 4.89. The number of nitrogens with zero attached hydrogens (tertiary/aromatic N) is 1. The monoisotopic (exact) mass is 341 g/mol. The molecular weight excluding hydrogens is 328 g/mol. The van der Waals surface area contributed by atoms with Gasteiger partial charge in [-0.25, -0.2) is 22.0 Å². The summed E-state index contributed by atoms with van der Waals surface area (Å²) < 4.78 is 57.0. The van der Waals surface area contributed by atoms with Crippen LogP contribution >= 0.6 is 0 Å². The van der Waals surface area contributed by atoms with Crippen LogP contribution in [0.1, 0.15) is 10.4 Å². The van der Waals surface area contributed by atoms with Crippen molar-refractivity contribution in [3.8, 4) is 0 Å². The summed E-state index contributed by atoms with van der Waals surface area (Å²) >= 11 is 0. The smallest absolute Gasteiger partial charge is 0.340 e. The minimum Gasteiger partial charge on any atom is -0.465 e. The molecule has 0 saturated carbocycles. The zero-order valence-electron chi connectivity index (χ0n) is 12.3. The van der Waals surface area contributed by atoms with Gasteiger partial charge in [0.1, 0.15) is 11.6 Å². The Morgan fingerprint density at radius 1 is 1.09 bits per heavy atom. The van der Waals surface area contributed by atoms with E-state index in [9.17, 15) is 22.0 Å². The molecule has 0 bridgehead atoms. The lowest BCUT2D eigenvalue weighted by Gasteiger charge is -2.21. The van der Waals surface area contributed by atoms with E-state index in [4.69, 9.17) is 0 Å². The number of hydrogen-bond acceptors (Lipinski definition) is 4. The van der Waals surface area contributed by atoms with Gasteiger partial charge >= 0.3 is 5.97 Å². The van der Waals surface area contributed by atoms with Crippen molar-refractivity contribution in [2.24, 2.45) is 0 Å². The first-order valence-electron chi connectivity index (χ1n) is 6.39. The summed E-state index contributed by atoms with van der Waals surface area (Å²) in [5, 5.41) is 0. The van der Waals surface area contributed by atoms with E-state index in [1.807, 2.05) is 0 Å². The van der Waals surface area contributed by atoms with Crippen LogP contribution in [0.5, 0.6) is 0 Å². The number of ether oxygens (including phenoxy) is 1. The minimum atomic E-state index is -4.26. The molecule has 0 unspecified atom stereocenters. The fourth-order valence-corrected chi connectivity index (χ4v) is 3.25. The van der Waals surface area contributed by atoms with E-state index in [1.165, 1.54) is 31.3 Å². The van der Waals surface area contributed by atoms with Crippen LogP contribution in [0.15, 0.2) is 47.4 Å². The molecule has 0 aliphatic heterocycles. The van der Waals surface area contributed by atoms with E-state index < -0.39 is 32.5 Å². The number of sulfonamides is 1. The predicted octanol–water partition coefficient (Wildman–Crippen LogP) is 2.58. The summed E-state index contributed by atoms with van der Waals surface area (Å²) in [7, 11) is -1.91. The third kappa shape index (κ3) is 3.31. The molecule has 2 aromatic rings. The number of para-hydroxylation sites is 1. The van der Waals surface area contributed by atoms with E-state index in [0.717, 1.165) is 11.4 Å². The summed E-state index contributed by atoms with van der Waals surface area (Å²) in [5.74, 6) is -2.76. The first-order valence-corrected chi connectivity index (χ1v) is 7.83. The van der Waals surface area contributed by atoms with Gasteiger partial charge in [0.2, 0.25) is 0 Å². The Morgan fingerprint density at radius 2 is 1.65 bits per heavy atom. The van der Waals surface area contributed by atoms with E-state index in [-0.39, 0.29) is 11.3 Å². The lowest BCUT2D eigenvalue weighted by Crippen LogP contribution is -2.28. The van der Waals surface area contributed by atoms with Gasteiger partial charge in [-0.3, -0.25) is 4.31 Å². The molecule has 0 aliphatic rings. The van der Waals surface area contributed by atoms with E-state index in [1.54, 1.807) is 0 Å². The molecule has 0 aliphatic carbocycles. The number of carbonyl (C=O) groups is 1. The summed E-state index contributed by atoms with van der Waals surface area (Å²) in [6.07, 6.45) is 0. The second-order valence-electron chi connectivity index (χ2n) is 4.59. The highest BCUT2D eigenvalue weighted by Gasteiger charge is 2.26. The first-order chi connectivity index (χ1) is 10.8. The van der Waals surface area contributed by atoms with Crippen LogP contribution in [0, 0.1) is 11.6 Å². The molecule has 122 valence electrons. The van der Waals surface area contributed by atoms with Crippen LogP contribution in [-0.2, 0) is 14.8 Å². The number of halogens is 2. The van der Waals surface area contributed by atoms with E-state index >= 15 is 0 Å². The Morgan fingerprint density at radius 3 is 2.22 bits per heavy atom. The number of carbonyl (C=O) groups excluding carboxylic acids is 1. The number of anilines is 1. The SMILES string of the molecule is COC(=O)c1ccccc1N(C)S(=O)(=O)c1cc(F)cc(F)c1. The fourth-order valence-electron chi connectivity index (χ4n) is 2.00. The first kappa shape index (κ1) is 16.9. The Hall–Kier alpha value is -2.48. The molecule has 0 fully saturated rings. The van der Waals surface area contributed by atoms with Crippen molar-refractivity contribution in [3.63, 3.8) is 0 Å². The maximum Gasteiger partial charge on any atom is 0.340 e. The number of hydrogen-bond donors (Lipinski definition) is 0. The van der Waals surface area contributed by atoms with Crippen molar-refractivity contribution < 1.29 is 26.7 Å². The highest BCUT2D eigenvalue weighted by atomic mass is 32.2. The van der Waals surface area contributed by atoms with Gasteiger partial charge in [0, 0.05) is 13.1 Å².